The van der Waals surface area contributed by atoms with Crippen molar-refractivity contribution in [3.63, 3.8) is 0 Å². The third kappa shape index (κ3) is 5.49. The summed E-state index contributed by atoms with van der Waals surface area (Å²) in [5, 5.41) is 3.09. The van der Waals surface area contributed by atoms with E-state index in [-0.39, 0.29) is 5.75 Å². The summed E-state index contributed by atoms with van der Waals surface area (Å²) in [5.74, 6) is 0.781. The molecule has 4 nitrogen and oxygen atoms in total. The molecule has 0 spiro atoms. The highest BCUT2D eigenvalue weighted by Gasteiger charge is 2.19. The Bertz CT molecular complexity index is 261. The zero-order chi connectivity index (χ0) is 11.1. The molecule has 0 aliphatic heterocycles. The van der Waals surface area contributed by atoms with Gasteiger partial charge in [0.15, 0.2) is 0 Å². The summed E-state index contributed by atoms with van der Waals surface area (Å²) in [4.78, 5) is 0. The predicted octanol–water partition coefficient (Wildman–Crippen LogP) is 0.706. The minimum atomic E-state index is -3.05. The highest BCUT2D eigenvalue weighted by Crippen LogP contribution is 2.25. The number of hydrogen-bond acceptors (Lipinski definition) is 3. The van der Waals surface area contributed by atoms with Gasteiger partial charge in [0.25, 0.3) is 0 Å². The second kappa shape index (κ2) is 6.45. The number of nitrogens with one attached hydrogen (secondary N) is 2. The Morgan fingerprint density at radius 1 is 1.27 bits per heavy atom. The van der Waals surface area contributed by atoms with Crippen LogP contribution >= 0.6 is 0 Å². The fraction of sp³-hybridized carbons (Fsp3) is 1.00. The molecule has 0 heterocycles. The number of sulfonamides is 1. The Hall–Kier alpha value is -0.130. The molecule has 1 aliphatic carbocycles. The lowest BCUT2D eigenvalue weighted by Gasteiger charge is -2.25. The van der Waals surface area contributed by atoms with E-state index in [1.165, 1.54) is 19.3 Å². The normalized spacial score (nSPS) is 17.7. The zero-order valence-electron chi connectivity index (χ0n) is 9.46. The lowest BCUT2D eigenvalue weighted by molar-refractivity contribution is 0.316. The van der Waals surface area contributed by atoms with Crippen molar-refractivity contribution < 1.29 is 8.42 Å². The standard InChI is InChI=1S/C10H22N2O2S/c1-2-6-11-7-8-15(13,14)12-9-10-4-3-5-10/h10-12H,2-9H2,1H3. The van der Waals surface area contributed by atoms with Crippen LogP contribution in [-0.2, 0) is 10.0 Å². The van der Waals surface area contributed by atoms with Gasteiger partial charge >= 0.3 is 0 Å². The molecule has 0 saturated heterocycles. The van der Waals surface area contributed by atoms with Gasteiger partial charge in [0.05, 0.1) is 5.75 Å². The topological polar surface area (TPSA) is 58.2 Å². The molecule has 0 aromatic heterocycles. The van der Waals surface area contributed by atoms with Crippen LogP contribution in [0.2, 0.25) is 0 Å². The van der Waals surface area contributed by atoms with Crippen LogP contribution in [0.15, 0.2) is 0 Å². The lowest BCUT2D eigenvalue weighted by atomic mass is 9.86. The van der Waals surface area contributed by atoms with Gasteiger partial charge in [-0.2, -0.15) is 0 Å². The van der Waals surface area contributed by atoms with Crippen molar-refractivity contribution in [3.8, 4) is 0 Å². The van der Waals surface area contributed by atoms with Crippen molar-refractivity contribution in [2.24, 2.45) is 5.92 Å². The van der Waals surface area contributed by atoms with Crippen LogP contribution in [0.5, 0.6) is 0 Å². The van der Waals surface area contributed by atoms with E-state index in [0.29, 0.717) is 19.0 Å². The molecular weight excluding hydrogens is 212 g/mol. The van der Waals surface area contributed by atoms with Gasteiger partial charge in [-0.3, -0.25) is 0 Å². The molecule has 1 saturated carbocycles. The largest absolute Gasteiger partial charge is 0.316 e. The van der Waals surface area contributed by atoms with E-state index < -0.39 is 10.0 Å². The predicted molar refractivity (Wildman–Crippen MR) is 62.3 cm³/mol. The molecule has 0 amide bonds. The molecule has 0 radical (unpaired) electrons. The van der Waals surface area contributed by atoms with E-state index in [1.54, 1.807) is 0 Å². The average molecular weight is 234 g/mol. The summed E-state index contributed by atoms with van der Waals surface area (Å²) in [5.41, 5.74) is 0. The number of hydrogen-bond donors (Lipinski definition) is 2. The molecular formula is C10H22N2O2S. The van der Waals surface area contributed by atoms with Crippen molar-refractivity contribution in [2.75, 3.05) is 25.4 Å². The summed E-state index contributed by atoms with van der Waals surface area (Å²) in [7, 11) is -3.05. The van der Waals surface area contributed by atoms with Crippen LogP contribution in [0, 0.1) is 5.92 Å². The molecule has 5 heteroatoms. The smallest absolute Gasteiger partial charge is 0.212 e. The van der Waals surface area contributed by atoms with Gasteiger partial charge in [-0.15, -0.1) is 0 Å². The van der Waals surface area contributed by atoms with Crippen LogP contribution in [0.3, 0.4) is 0 Å². The molecule has 2 N–H and O–H groups in total. The van der Waals surface area contributed by atoms with Crippen molar-refractivity contribution in [1.29, 1.82) is 0 Å². The summed E-state index contributed by atoms with van der Waals surface area (Å²) in [6.07, 6.45) is 4.65. The fourth-order valence-electron chi connectivity index (χ4n) is 1.52. The monoisotopic (exact) mass is 234 g/mol. The molecule has 0 aromatic rings. The van der Waals surface area contributed by atoms with Gasteiger partial charge in [-0.25, -0.2) is 13.1 Å². The van der Waals surface area contributed by atoms with Gasteiger partial charge in [-0.1, -0.05) is 13.3 Å². The molecule has 0 aromatic carbocycles. The molecule has 1 rings (SSSR count). The van der Waals surface area contributed by atoms with Crippen molar-refractivity contribution in [2.45, 2.75) is 32.6 Å². The van der Waals surface area contributed by atoms with Crippen LogP contribution in [0.1, 0.15) is 32.6 Å². The molecule has 0 bridgehead atoms. The first-order valence-corrected chi connectivity index (χ1v) is 7.47. The van der Waals surface area contributed by atoms with E-state index in [1.807, 2.05) is 0 Å². The summed E-state index contributed by atoms with van der Waals surface area (Å²) >= 11 is 0. The SMILES string of the molecule is CCCNCCS(=O)(=O)NCC1CCC1. The number of rotatable bonds is 8. The molecule has 0 unspecified atom stereocenters. The van der Waals surface area contributed by atoms with Crippen LogP contribution in [-0.4, -0.2) is 33.8 Å². The Kier molecular flexibility index (Phi) is 5.56. The Balaban J connectivity index is 2.08. The highest BCUT2D eigenvalue weighted by molar-refractivity contribution is 7.89. The Morgan fingerprint density at radius 3 is 2.53 bits per heavy atom. The third-order valence-corrected chi connectivity index (χ3v) is 4.14. The molecule has 1 aliphatic rings. The maximum absolute atomic E-state index is 11.5. The van der Waals surface area contributed by atoms with Gasteiger partial charge in [0, 0.05) is 13.1 Å². The average Bonchev–Trinajstić information content (AvgIpc) is 2.10. The zero-order valence-corrected chi connectivity index (χ0v) is 10.3. The molecule has 90 valence electrons. The third-order valence-electron chi connectivity index (χ3n) is 2.79. The molecule has 1 fully saturated rings. The van der Waals surface area contributed by atoms with E-state index in [9.17, 15) is 8.42 Å². The van der Waals surface area contributed by atoms with E-state index >= 15 is 0 Å². The lowest BCUT2D eigenvalue weighted by Crippen LogP contribution is -2.36. The van der Waals surface area contributed by atoms with Crippen LogP contribution < -0.4 is 10.0 Å². The second-order valence-corrected chi connectivity index (χ2v) is 6.14. The van der Waals surface area contributed by atoms with Gasteiger partial charge in [-0.05, 0) is 31.7 Å². The minimum absolute atomic E-state index is 0.194. The van der Waals surface area contributed by atoms with Gasteiger partial charge in [0.2, 0.25) is 10.0 Å². The highest BCUT2D eigenvalue weighted by atomic mass is 32.2. The van der Waals surface area contributed by atoms with Crippen LogP contribution in [0.25, 0.3) is 0 Å². The fourth-order valence-corrected chi connectivity index (χ4v) is 2.57. The summed E-state index contributed by atoms with van der Waals surface area (Å²) in [6, 6.07) is 0. The molecule has 15 heavy (non-hydrogen) atoms. The van der Waals surface area contributed by atoms with Gasteiger partial charge < -0.3 is 5.32 Å². The van der Waals surface area contributed by atoms with E-state index in [0.717, 1.165) is 13.0 Å². The molecule has 0 atom stereocenters. The van der Waals surface area contributed by atoms with E-state index in [2.05, 4.69) is 17.0 Å². The van der Waals surface area contributed by atoms with E-state index in [4.69, 9.17) is 0 Å². The first-order valence-electron chi connectivity index (χ1n) is 5.82. The van der Waals surface area contributed by atoms with Crippen molar-refractivity contribution >= 4 is 10.0 Å². The second-order valence-electron chi connectivity index (χ2n) is 4.21. The maximum Gasteiger partial charge on any atom is 0.212 e. The van der Waals surface area contributed by atoms with Gasteiger partial charge in [0.1, 0.15) is 0 Å². The van der Waals surface area contributed by atoms with Crippen molar-refractivity contribution in [1.82, 2.24) is 10.0 Å². The summed E-state index contributed by atoms with van der Waals surface area (Å²) in [6.45, 7) is 4.14. The maximum atomic E-state index is 11.5. The summed E-state index contributed by atoms with van der Waals surface area (Å²) < 4.78 is 25.6. The quantitative estimate of drug-likeness (QED) is 0.608. The Morgan fingerprint density at radius 2 is 2.00 bits per heavy atom. The van der Waals surface area contributed by atoms with Crippen molar-refractivity contribution in [3.05, 3.63) is 0 Å². The first kappa shape index (κ1) is 12.9. The van der Waals surface area contributed by atoms with Crippen LogP contribution in [0.4, 0.5) is 0 Å². The first-order chi connectivity index (χ1) is 7.14. The minimum Gasteiger partial charge on any atom is -0.316 e. The Labute approximate surface area is 92.9 Å².